The molecule has 0 spiro atoms. The van der Waals surface area contributed by atoms with Crippen LogP contribution in [0.2, 0.25) is 0 Å². The van der Waals surface area contributed by atoms with Crippen LogP contribution in [0.15, 0.2) is 18.2 Å². The first kappa shape index (κ1) is 7.62. The van der Waals surface area contributed by atoms with Crippen LogP contribution in [0.5, 0.6) is 5.75 Å². The van der Waals surface area contributed by atoms with E-state index >= 15 is 0 Å². The Balaban J connectivity index is 2.88. The van der Waals surface area contributed by atoms with Gasteiger partial charge in [0.1, 0.15) is 5.75 Å². The Morgan fingerprint density at radius 3 is 2.75 bits per heavy atom. The van der Waals surface area contributed by atoms with Crippen molar-refractivity contribution in [3.05, 3.63) is 28.6 Å². The Morgan fingerprint density at radius 1 is 1.25 bits per heavy atom. The summed E-state index contributed by atoms with van der Waals surface area (Å²) in [5.41, 5.74) is 1.28. The number of fused-ring (bicyclic) bond motifs is 1. The maximum atomic E-state index is 9.27. The lowest BCUT2D eigenvalue weighted by molar-refractivity contribution is 0.476. The van der Waals surface area contributed by atoms with Crippen LogP contribution >= 0.6 is 11.3 Å². The van der Waals surface area contributed by atoms with Crippen molar-refractivity contribution in [2.45, 2.75) is 13.8 Å². The van der Waals surface area contributed by atoms with Crippen molar-refractivity contribution in [2.75, 3.05) is 0 Å². The highest BCUT2D eigenvalue weighted by atomic mass is 32.1. The lowest BCUT2D eigenvalue weighted by Gasteiger charge is -1.92. The molecule has 1 N–H and O–H groups in total. The third-order valence-electron chi connectivity index (χ3n) is 2.16. The fraction of sp³-hybridized carbons (Fsp3) is 0.200. The van der Waals surface area contributed by atoms with Crippen LogP contribution in [0.3, 0.4) is 0 Å². The molecule has 0 aliphatic carbocycles. The van der Waals surface area contributed by atoms with Gasteiger partial charge in [0, 0.05) is 9.58 Å². The second-order valence-electron chi connectivity index (χ2n) is 2.96. The second kappa shape index (κ2) is 2.49. The third-order valence-corrected chi connectivity index (χ3v) is 3.35. The normalized spacial score (nSPS) is 10.8. The van der Waals surface area contributed by atoms with E-state index in [1.807, 2.05) is 12.1 Å². The predicted molar refractivity (Wildman–Crippen MR) is 53.0 cm³/mol. The topological polar surface area (TPSA) is 20.2 Å². The van der Waals surface area contributed by atoms with Gasteiger partial charge in [-0.25, -0.2) is 0 Å². The summed E-state index contributed by atoms with van der Waals surface area (Å²) in [5.74, 6) is 0.350. The van der Waals surface area contributed by atoms with Gasteiger partial charge in [0.2, 0.25) is 0 Å². The summed E-state index contributed by atoms with van der Waals surface area (Å²) < 4.78 is 1.25. The number of rotatable bonds is 0. The molecule has 62 valence electrons. The van der Waals surface area contributed by atoms with Crippen LogP contribution in [0.1, 0.15) is 10.4 Å². The van der Waals surface area contributed by atoms with Crippen LogP contribution in [0.4, 0.5) is 0 Å². The maximum Gasteiger partial charge on any atom is 0.116 e. The largest absolute Gasteiger partial charge is 0.508 e. The molecule has 0 radical (unpaired) electrons. The van der Waals surface area contributed by atoms with E-state index in [0.717, 1.165) is 0 Å². The fourth-order valence-electron chi connectivity index (χ4n) is 1.33. The summed E-state index contributed by atoms with van der Waals surface area (Å²) in [5, 5.41) is 10.4. The van der Waals surface area contributed by atoms with Gasteiger partial charge in [0.25, 0.3) is 0 Å². The Bertz CT molecular complexity index is 429. The zero-order chi connectivity index (χ0) is 8.72. The highest BCUT2D eigenvalue weighted by molar-refractivity contribution is 7.19. The van der Waals surface area contributed by atoms with Crippen molar-refractivity contribution in [2.24, 2.45) is 0 Å². The van der Waals surface area contributed by atoms with Crippen LogP contribution in [0, 0.1) is 13.8 Å². The van der Waals surface area contributed by atoms with E-state index in [0.29, 0.717) is 5.75 Å². The summed E-state index contributed by atoms with van der Waals surface area (Å²) in [6, 6.07) is 5.53. The monoisotopic (exact) mass is 178 g/mol. The number of hydrogen-bond acceptors (Lipinski definition) is 2. The minimum Gasteiger partial charge on any atom is -0.508 e. The number of thiophene rings is 1. The zero-order valence-corrected chi connectivity index (χ0v) is 7.90. The van der Waals surface area contributed by atoms with Crippen molar-refractivity contribution in [1.29, 1.82) is 0 Å². The van der Waals surface area contributed by atoms with Gasteiger partial charge in [0.05, 0.1) is 0 Å². The molecule has 2 aromatic rings. The summed E-state index contributed by atoms with van der Waals surface area (Å²) in [4.78, 5) is 1.33. The van der Waals surface area contributed by atoms with Gasteiger partial charge in [-0.05, 0) is 43.0 Å². The Morgan fingerprint density at radius 2 is 2.00 bits per heavy atom. The minimum atomic E-state index is 0.350. The summed E-state index contributed by atoms with van der Waals surface area (Å²) in [6.45, 7) is 4.20. The summed E-state index contributed by atoms with van der Waals surface area (Å²) in [6.07, 6.45) is 0. The van der Waals surface area contributed by atoms with E-state index in [2.05, 4.69) is 13.8 Å². The van der Waals surface area contributed by atoms with Gasteiger partial charge in [-0.3, -0.25) is 0 Å². The lowest BCUT2D eigenvalue weighted by Crippen LogP contribution is -1.70. The third kappa shape index (κ3) is 0.994. The van der Waals surface area contributed by atoms with Crippen LogP contribution < -0.4 is 0 Å². The standard InChI is InChI=1S/C10H10OS/c1-6-7(2)12-10-4-3-8(11)5-9(6)10/h3-5,11H,1-2H3. The lowest BCUT2D eigenvalue weighted by atomic mass is 10.1. The highest BCUT2D eigenvalue weighted by Gasteiger charge is 2.04. The molecule has 2 rings (SSSR count). The number of aryl methyl sites for hydroxylation is 2. The Kier molecular flexibility index (Phi) is 1.58. The first-order chi connectivity index (χ1) is 5.68. The molecule has 0 aliphatic heterocycles. The fourth-order valence-corrected chi connectivity index (χ4v) is 2.38. The molecule has 0 fully saturated rings. The van der Waals surface area contributed by atoms with Crippen LogP contribution in [-0.2, 0) is 0 Å². The number of phenols is 1. The van der Waals surface area contributed by atoms with Gasteiger partial charge in [0.15, 0.2) is 0 Å². The molecular weight excluding hydrogens is 168 g/mol. The van der Waals surface area contributed by atoms with E-state index in [1.54, 1.807) is 17.4 Å². The van der Waals surface area contributed by atoms with E-state index in [9.17, 15) is 5.11 Å². The predicted octanol–water partition coefficient (Wildman–Crippen LogP) is 3.22. The molecule has 0 saturated heterocycles. The van der Waals surface area contributed by atoms with Crippen molar-refractivity contribution < 1.29 is 5.11 Å². The van der Waals surface area contributed by atoms with Crippen LogP contribution in [-0.4, -0.2) is 5.11 Å². The SMILES string of the molecule is Cc1sc2ccc(O)cc2c1C. The molecule has 0 atom stereocenters. The first-order valence-corrected chi connectivity index (χ1v) is 4.69. The molecule has 1 aromatic heterocycles. The second-order valence-corrected chi connectivity index (χ2v) is 4.22. The van der Waals surface area contributed by atoms with Gasteiger partial charge < -0.3 is 5.11 Å². The highest BCUT2D eigenvalue weighted by Crippen LogP contribution is 2.32. The van der Waals surface area contributed by atoms with Gasteiger partial charge in [-0.1, -0.05) is 0 Å². The summed E-state index contributed by atoms with van der Waals surface area (Å²) >= 11 is 1.78. The number of benzene rings is 1. The van der Waals surface area contributed by atoms with Crippen molar-refractivity contribution in [1.82, 2.24) is 0 Å². The molecule has 0 unspecified atom stereocenters. The van der Waals surface area contributed by atoms with Crippen molar-refractivity contribution >= 4 is 21.4 Å². The molecular formula is C10H10OS. The minimum absolute atomic E-state index is 0.350. The molecule has 2 heteroatoms. The van der Waals surface area contributed by atoms with Crippen molar-refractivity contribution in [3.63, 3.8) is 0 Å². The average molecular weight is 178 g/mol. The number of aromatic hydroxyl groups is 1. The van der Waals surface area contributed by atoms with Crippen LogP contribution in [0.25, 0.3) is 10.1 Å². The molecule has 1 nitrogen and oxygen atoms in total. The first-order valence-electron chi connectivity index (χ1n) is 3.87. The smallest absolute Gasteiger partial charge is 0.116 e. The molecule has 0 saturated carbocycles. The van der Waals surface area contributed by atoms with E-state index in [4.69, 9.17) is 0 Å². The quantitative estimate of drug-likeness (QED) is 0.656. The van der Waals surface area contributed by atoms with E-state index in [-0.39, 0.29) is 0 Å². The average Bonchev–Trinajstić information content (AvgIpc) is 2.31. The molecule has 0 aliphatic rings. The number of hydrogen-bond donors (Lipinski definition) is 1. The van der Waals surface area contributed by atoms with E-state index in [1.165, 1.54) is 20.5 Å². The van der Waals surface area contributed by atoms with Gasteiger partial charge in [-0.2, -0.15) is 0 Å². The number of phenolic OH excluding ortho intramolecular Hbond substituents is 1. The van der Waals surface area contributed by atoms with Gasteiger partial charge >= 0.3 is 0 Å². The molecule has 0 bridgehead atoms. The van der Waals surface area contributed by atoms with Gasteiger partial charge in [-0.15, -0.1) is 11.3 Å². The zero-order valence-electron chi connectivity index (χ0n) is 7.09. The maximum absolute atomic E-state index is 9.27. The van der Waals surface area contributed by atoms with Crippen molar-refractivity contribution in [3.8, 4) is 5.75 Å². The Labute approximate surface area is 75.3 Å². The Hall–Kier alpha value is -1.02. The molecule has 1 heterocycles. The summed E-state index contributed by atoms with van der Waals surface area (Å²) in [7, 11) is 0. The molecule has 12 heavy (non-hydrogen) atoms. The van der Waals surface area contributed by atoms with E-state index < -0.39 is 0 Å². The molecule has 0 amide bonds. The molecule has 1 aromatic carbocycles.